The molecule has 0 aromatic heterocycles. The van der Waals surface area contributed by atoms with E-state index in [2.05, 4.69) is 15.9 Å². The summed E-state index contributed by atoms with van der Waals surface area (Å²) in [6.07, 6.45) is 2.04. The van der Waals surface area contributed by atoms with Gasteiger partial charge in [0.05, 0.1) is 12.3 Å². The Balaban J connectivity index is 1.65. The summed E-state index contributed by atoms with van der Waals surface area (Å²) in [5.41, 5.74) is 1.63. The fourth-order valence-electron chi connectivity index (χ4n) is 4.31. The lowest BCUT2D eigenvalue weighted by Crippen LogP contribution is -2.46. The second kappa shape index (κ2) is 10.4. The van der Waals surface area contributed by atoms with Crippen LogP contribution in [0, 0.1) is 0 Å². The SMILES string of the molecule is CCCCC(=O)N(CCN1C(=O)c2cccc3c(Br)ccc(c23)C1=O)c1ccccc1OCC. The minimum absolute atomic E-state index is 0.0580. The third-order valence-corrected chi connectivity index (χ3v) is 6.68. The Kier molecular flexibility index (Phi) is 7.32. The molecular formula is C27H27BrN2O4. The lowest BCUT2D eigenvalue weighted by Gasteiger charge is -2.31. The normalized spacial score (nSPS) is 12.9. The molecule has 3 amide bonds. The number of carbonyl (C=O) groups excluding carboxylic acids is 3. The van der Waals surface area contributed by atoms with Crippen LogP contribution in [0.15, 0.2) is 59.1 Å². The number of para-hydroxylation sites is 2. The first-order valence-corrected chi connectivity index (χ1v) is 12.4. The molecule has 4 rings (SSSR count). The topological polar surface area (TPSA) is 66.9 Å². The van der Waals surface area contributed by atoms with Crippen molar-refractivity contribution in [1.82, 2.24) is 4.90 Å². The van der Waals surface area contributed by atoms with Gasteiger partial charge in [-0.2, -0.15) is 0 Å². The number of hydrogen-bond donors (Lipinski definition) is 0. The van der Waals surface area contributed by atoms with Crippen molar-refractivity contribution in [3.63, 3.8) is 0 Å². The number of ether oxygens (including phenoxy) is 1. The van der Waals surface area contributed by atoms with Crippen molar-refractivity contribution >= 4 is 50.1 Å². The van der Waals surface area contributed by atoms with Crippen LogP contribution in [0.1, 0.15) is 53.8 Å². The van der Waals surface area contributed by atoms with Gasteiger partial charge in [-0.25, -0.2) is 0 Å². The predicted molar refractivity (Wildman–Crippen MR) is 137 cm³/mol. The van der Waals surface area contributed by atoms with Crippen molar-refractivity contribution in [2.45, 2.75) is 33.1 Å². The summed E-state index contributed by atoms with van der Waals surface area (Å²) in [4.78, 5) is 42.7. The van der Waals surface area contributed by atoms with E-state index < -0.39 is 0 Å². The Morgan fingerprint density at radius 3 is 2.44 bits per heavy atom. The van der Waals surface area contributed by atoms with Gasteiger partial charge in [0.15, 0.2) is 0 Å². The van der Waals surface area contributed by atoms with Crippen molar-refractivity contribution in [3.8, 4) is 5.75 Å². The molecule has 0 unspecified atom stereocenters. The molecule has 0 fully saturated rings. The largest absolute Gasteiger partial charge is 0.492 e. The molecule has 7 heteroatoms. The monoisotopic (exact) mass is 522 g/mol. The Morgan fingerprint density at radius 1 is 0.971 bits per heavy atom. The Labute approximate surface area is 207 Å². The molecule has 3 aromatic rings. The zero-order valence-electron chi connectivity index (χ0n) is 19.3. The molecule has 6 nitrogen and oxygen atoms in total. The van der Waals surface area contributed by atoms with Gasteiger partial charge in [0.25, 0.3) is 11.8 Å². The molecule has 1 aliphatic rings. The average molecular weight is 523 g/mol. The highest BCUT2D eigenvalue weighted by molar-refractivity contribution is 9.10. The number of rotatable bonds is 9. The van der Waals surface area contributed by atoms with Gasteiger partial charge in [0.2, 0.25) is 5.91 Å². The van der Waals surface area contributed by atoms with E-state index in [1.165, 1.54) is 4.90 Å². The number of halogens is 1. The summed E-state index contributed by atoms with van der Waals surface area (Å²) in [6, 6.07) is 16.4. The lowest BCUT2D eigenvalue weighted by atomic mass is 9.94. The molecule has 0 radical (unpaired) electrons. The van der Waals surface area contributed by atoms with E-state index >= 15 is 0 Å². The van der Waals surface area contributed by atoms with E-state index in [1.807, 2.05) is 56.3 Å². The van der Waals surface area contributed by atoms with Gasteiger partial charge in [-0.1, -0.05) is 53.5 Å². The van der Waals surface area contributed by atoms with E-state index in [0.29, 0.717) is 41.0 Å². The van der Waals surface area contributed by atoms with Crippen LogP contribution in [-0.4, -0.2) is 42.3 Å². The van der Waals surface area contributed by atoms with Gasteiger partial charge in [0.1, 0.15) is 5.75 Å². The molecule has 0 saturated carbocycles. The Morgan fingerprint density at radius 2 is 1.71 bits per heavy atom. The number of benzene rings is 3. The summed E-state index contributed by atoms with van der Waals surface area (Å²) in [5.74, 6) is -0.149. The lowest BCUT2D eigenvalue weighted by molar-refractivity contribution is -0.118. The number of imide groups is 1. The Bertz CT molecular complexity index is 1230. The van der Waals surface area contributed by atoms with Crippen LogP contribution < -0.4 is 9.64 Å². The van der Waals surface area contributed by atoms with Gasteiger partial charge in [-0.05, 0) is 49.1 Å². The van der Waals surface area contributed by atoms with Gasteiger partial charge < -0.3 is 9.64 Å². The standard InChI is InChI=1S/C27H27BrN2O4/c1-3-5-13-24(31)29(22-11-6-7-12-23(22)34-4-2)16-17-30-26(32)19-10-8-9-18-21(28)15-14-20(25(18)19)27(30)33/h6-12,14-15H,3-5,13,16-17H2,1-2H3. The Hall–Kier alpha value is -3.19. The van der Waals surface area contributed by atoms with Crippen molar-refractivity contribution in [3.05, 3.63) is 70.2 Å². The molecule has 1 aliphatic heterocycles. The molecule has 0 saturated heterocycles. The van der Waals surface area contributed by atoms with Crippen molar-refractivity contribution in [2.75, 3.05) is 24.6 Å². The van der Waals surface area contributed by atoms with Crippen LogP contribution in [0.5, 0.6) is 5.75 Å². The van der Waals surface area contributed by atoms with E-state index in [-0.39, 0.29) is 30.8 Å². The molecule has 176 valence electrons. The van der Waals surface area contributed by atoms with Gasteiger partial charge in [-0.3, -0.25) is 19.3 Å². The highest BCUT2D eigenvalue weighted by atomic mass is 79.9. The number of carbonyl (C=O) groups is 3. The van der Waals surface area contributed by atoms with Crippen LogP contribution in [0.4, 0.5) is 5.69 Å². The van der Waals surface area contributed by atoms with E-state index in [4.69, 9.17) is 4.74 Å². The first kappa shape index (κ1) is 24.0. The maximum absolute atomic E-state index is 13.3. The molecular weight excluding hydrogens is 496 g/mol. The highest BCUT2D eigenvalue weighted by Gasteiger charge is 2.34. The van der Waals surface area contributed by atoms with Gasteiger partial charge in [0, 0.05) is 40.5 Å². The van der Waals surface area contributed by atoms with Crippen LogP contribution in [0.25, 0.3) is 10.8 Å². The average Bonchev–Trinajstić information content (AvgIpc) is 2.85. The maximum Gasteiger partial charge on any atom is 0.261 e. The fourth-order valence-corrected chi connectivity index (χ4v) is 4.78. The highest BCUT2D eigenvalue weighted by Crippen LogP contribution is 2.35. The third kappa shape index (κ3) is 4.44. The van der Waals surface area contributed by atoms with Crippen molar-refractivity contribution in [1.29, 1.82) is 0 Å². The molecule has 0 atom stereocenters. The summed E-state index contributed by atoms with van der Waals surface area (Å²) in [7, 11) is 0. The number of unbranched alkanes of at least 4 members (excludes halogenated alkanes) is 1. The number of amides is 3. The predicted octanol–water partition coefficient (Wildman–Crippen LogP) is 5.82. The van der Waals surface area contributed by atoms with E-state index in [1.54, 1.807) is 17.0 Å². The minimum Gasteiger partial charge on any atom is -0.492 e. The quantitative estimate of drug-likeness (QED) is 0.332. The second-order valence-electron chi connectivity index (χ2n) is 8.13. The number of anilines is 1. The van der Waals surface area contributed by atoms with Crippen molar-refractivity contribution in [2.24, 2.45) is 0 Å². The third-order valence-electron chi connectivity index (χ3n) is 5.99. The van der Waals surface area contributed by atoms with Gasteiger partial charge >= 0.3 is 0 Å². The van der Waals surface area contributed by atoms with Crippen LogP contribution in [0.3, 0.4) is 0 Å². The first-order chi connectivity index (χ1) is 16.5. The minimum atomic E-state index is -0.347. The number of hydrogen-bond acceptors (Lipinski definition) is 4. The molecule has 0 N–H and O–H groups in total. The van der Waals surface area contributed by atoms with Crippen LogP contribution in [-0.2, 0) is 4.79 Å². The maximum atomic E-state index is 13.3. The van der Waals surface area contributed by atoms with Crippen molar-refractivity contribution < 1.29 is 19.1 Å². The number of nitrogens with zero attached hydrogens (tertiary/aromatic N) is 2. The van der Waals surface area contributed by atoms with Crippen LogP contribution >= 0.6 is 15.9 Å². The first-order valence-electron chi connectivity index (χ1n) is 11.6. The van der Waals surface area contributed by atoms with Crippen LogP contribution in [0.2, 0.25) is 0 Å². The molecule has 0 aliphatic carbocycles. The van der Waals surface area contributed by atoms with E-state index in [9.17, 15) is 14.4 Å². The van der Waals surface area contributed by atoms with Gasteiger partial charge in [-0.15, -0.1) is 0 Å². The smallest absolute Gasteiger partial charge is 0.261 e. The van der Waals surface area contributed by atoms with E-state index in [0.717, 1.165) is 22.7 Å². The summed E-state index contributed by atoms with van der Waals surface area (Å²) in [5, 5.41) is 1.50. The molecule has 0 bridgehead atoms. The second-order valence-corrected chi connectivity index (χ2v) is 8.99. The molecule has 1 heterocycles. The molecule has 0 spiro atoms. The zero-order chi connectivity index (χ0) is 24.2. The fraction of sp³-hybridized carbons (Fsp3) is 0.296. The zero-order valence-corrected chi connectivity index (χ0v) is 20.9. The molecule has 3 aromatic carbocycles. The molecule has 34 heavy (non-hydrogen) atoms. The summed E-state index contributed by atoms with van der Waals surface area (Å²) in [6.45, 7) is 4.66. The summed E-state index contributed by atoms with van der Waals surface area (Å²) >= 11 is 3.51. The summed E-state index contributed by atoms with van der Waals surface area (Å²) < 4.78 is 6.59.